The molecule has 8 heteroatoms. The molecule has 2 amide bonds. The lowest BCUT2D eigenvalue weighted by molar-refractivity contribution is -0.118. The van der Waals surface area contributed by atoms with Crippen molar-refractivity contribution < 1.29 is 23.9 Å². The third-order valence-corrected chi connectivity index (χ3v) is 3.92. The monoisotopic (exact) mass is 397 g/mol. The van der Waals surface area contributed by atoms with Gasteiger partial charge >= 0.3 is 6.09 Å². The minimum Gasteiger partial charge on any atom is -0.482 e. The second-order valence-electron chi connectivity index (χ2n) is 7.53. The number of Topliss-reactive ketones (excluding diaryl/α,β-unsaturated/α-hetero) is 1. The molecule has 0 unspecified atom stereocenters. The van der Waals surface area contributed by atoms with Crippen LogP contribution in [0.4, 0.5) is 21.9 Å². The Balaban J connectivity index is 1.55. The summed E-state index contributed by atoms with van der Waals surface area (Å²) in [5.41, 5.74) is 1.69. The van der Waals surface area contributed by atoms with Crippen molar-refractivity contribution in [2.45, 2.75) is 26.4 Å². The van der Waals surface area contributed by atoms with E-state index in [2.05, 4.69) is 16.0 Å². The topological polar surface area (TPSA) is 106 Å². The summed E-state index contributed by atoms with van der Waals surface area (Å²) in [7, 11) is 0. The van der Waals surface area contributed by atoms with Crippen LogP contribution in [0.5, 0.6) is 5.75 Å². The minimum absolute atomic E-state index is 0.0272. The predicted octanol–water partition coefficient (Wildman–Crippen LogP) is 3.66. The zero-order chi connectivity index (χ0) is 21.0. The van der Waals surface area contributed by atoms with Crippen LogP contribution >= 0.6 is 0 Å². The first-order chi connectivity index (χ1) is 13.7. The summed E-state index contributed by atoms with van der Waals surface area (Å²) < 4.78 is 10.5. The Kier molecular flexibility index (Phi) is 5.72. The molecular formula is C21H23N3O5. The maximum absolute atomic E-state index is 12.4. The molecular weight excluding hydrogens is 374 g/mol. The van der Waals surface area contributed by atoms with Crippen molar-refractivity contribution in [3.8, 4) is 5.75 Å². The lowest BCUT2D eigenvalue weighted by atomic mass is 10.1. The SMILES string of the molecule is CC(C)(C)OC(=O)Nc1ccc(NCC(=O)c2ccc3c(c2)NC(=O)CO3)cc1. The van der Waals surface area contributed by atoms with E-state index >= 15 is 0 Å². The molecule has 0 radical (unpaired) electrons. The molecule has 0 bridgehead atoms. The van der Waals surface area contributed by atoms with Gasteiger partial charge in [0.05, 0.1) is 12.2 Å². The number of rotatable bonds is 5. The van der Waals surface area contributed by atoms with Gasteiger partial charge in [0, 0.05) is 16.9 Å². The van der Waals surface area contributed by atoms with Gasteiger partial charge in [-0.15, -0.1) is 0 Å². The molecule has 0 aromatic heterocycles. The Morgan fingerprint density at radius 3 is 2.48 bits per heavy atom. The molecule has 2 aromatic carbocycles. The van der Waals surface area contributed by atoms with E-state index in [-0.39, 0.29) is 24.8 Å². The highest BCUT2D eigenvalue weighted by atomic mass is 16.6. The van der Waals surface area contributed by atoms with E-state index in [1.165, 1.54) is 0 Å². The molecule has 0 saturated carbocycles. The van der Waals surface area contributed by atoms with Gasteiger partial charge in [-0.2, -0.15) is 0 Å². The van der Waals surface area contributed by atoms with Gasteiger partial charge in [0.2, 0.25) is 0 Å². The number of hydrogen-bond donors (Lipinski definition) is 3. The van der Waals surface area contributed by atoms with Crippen LogP contribution in [0.1, 0.15) is 31.1 Å². The summed E-state index contributed by atoms with van der Waals surface area (Å²) in [6.45, 7) is 5.42. The van der Waals surface area contributed by atoms with E-state index in [0.29, 0.717) is 22.7 Å². The maximum atomic E-state index is 12.4. The van der Waals surface area contributed by atoms with Gasteiger partial charge in [0.1, 0.15) is 11.4 Å². The molecule has 3 N–H and O–H groups in total. The summed E-state index contributed by atoms with van der Waals surface area (Å²) in [5, 5.41) is 8.37. The van der Waals surface area contributed by atoms with E-state index in [0.717, 1.165) is 5.69 Å². The van der Waals surface area contributed by atoms with Crippen LogP contribution in [0, 0.1) is 0 Å². The molecule has 8 nitrogen and oxygen atoms in total. The Labute approximate surface area is 168 Å². The van der Waals surface area contributed by atoms with Gasteiger partial charge in [0.15, 0.2) is 12.4 Å². The normalized spacial score (nSPS) is 12.9. The molecule has 152 valence electrons. The van der Waals surface area contributed by atoms with E-state index in [4.69, 9.17) is 9.47 Å². The van der Waals surface area contributed by atoms with Crippen LogP contribution in [0.25, 0.3) is 0 Å². The van der Waals surface area contributed by atoms with E-state index in [1.807, 2.05) is 0 Å². The molecule has 0 saturated heterocycles. The zero-order valence-corrected chi connectivity index (χ0v) is 16.5. The van der Waals surface area contributed by atoms with Crippen molar-refractivity contribution >= 4 is 34.8 Å². The summed E-state index contributed by atoms with van der Waals surface area (Å²) in [6.07, 6.45) is -0.531. The van der Waals surface area contributed by atoms with Crippen LogP contribution in [0.15, 0.2) is 42.5 Å². The quantitative estimate of drug-likeness (QED) is 0.665. The molecule has 0 spiro atoms. The number of ketones is 1. The fourth-order valence-corrected chi connectivity index (χ4v) is 2.63. The number of ether oxygens (including phenoxy) is 2. The molecule has 0 atom stereocenters. The summed E-state index contributed by atoms with van der Waals surface area (Å²) in [4.78, 5) is 35.6. The van der Waals surface area contributed by atoms with Gasteiger partial charge < -0.3 is 20.1 Å². The fourth-order valence-electron chi connectivity index (χ4n) is 2.63. The Morgan fingerprint density at radius 1 is 1.10 bits per heavy atom. The highest BCUT2D eigenvalue weighted by Gasteiger charge is 2.18. The number of anilines is 3. The third-order valence-electron chi connectivity index (χ3n) is 3.92. The number of nitrogens with one attached hydrogen (secondary N) is 3. The van der Waals surface area contributed by atoms with Gasteiger partial charge in [-0.05, 0) is 63.2 Å². The third kappa shape index (κ3) is 5.71. The minimum atomic E-state index is -0.572. The standard InChI is InChI=1S/C21H23N3O5/c1-21(2,3)29-20(27)23-15-7-5-14(6-8-15)22-11-17(25)13-4-9-18-16(10-13)24-19(26)12-28-18/h4-10,22H,11-12H2,1-3H3,(H,23,27)(H,24,26). The second-order valence-corrected chi connectivity index (χ2v) is 7.53. The first-order valence-corrected chi connectivity index (χ1v) is 9.13. The van der Waals surface area contributed by atoms with Crippen molar-refractivity contribution in [3.63, 3.8) is 0 Å². The van der Waals surface area contributed by atoms with E-state index in [9.17, 15) is 14.4 Å². The van der Waals surface area contributed by atoms with Crippen LogP contribution in [0.2, 0.25) is 0 Å². The van der Waals surface area contributed by atoms with E-state index < -0.39 is 11.7 Å². The molecule has 29 heavy (non-hydrogen) atoms. The molecule has 2 aromatic rings. The van der Waals surface area contributed by atoms with Crippen molar-refractivity contribution in [3.05, 3.63) is 48.0 Å². The number of carbonyl (C=O) groups excluding carboxylic acids is 3. The van der Waals surface area contributed by atoms with Gasteiger partial charge in [-0.1, -0.05) is 0 Å². The van der Waals surface area contributed by atoms with Crippen LogP contribution in [0.3, 0.4) is 0 Å². The maximum Gasteiger partial charge on any atom is 0.412 e. The summed E-state index contributed by atoms with van der Waals surface area (Å²) in [6, 6.07) is 11.9. The van der Waals surface area contributed by atoms with Gasteiger partial charge in [-0.3, -0.25) is 14.9 Å². The lowest BCUT2D eigenvalue weighted by Crippen LogP contribution is -2.27. The van der Waals surface area contributed by atoms with Crippen LogP contribution < -0.4 is 20.7 Å². The van der Waals surface area contributed by atoms with Crippen molar-refractivity contribution in [1.29, 1.82) is 0 Å². The van der Waals surface area contributed by atoms with E-state index in [1.54, 1.807) is 63.2 Å². The lowest BCUT2D eigenvalue weighted by Gasteiger charge is -2.19. The Morgan fingerprint density at radius 2 is 1.79 bits per heavy atom. The highest BCUT2D eigenvalue weighted by Crippen LogP contribution is 2.28. The Hall–Kier alpha value is -3.55. The number of benzene rings is 2. The number of hydrogen-bond acceptors (Lipinski definition) is 6. The average Bonchev–Trinajstić information content (AvgIpc) is 2.65. The summed E-state index contributed by atoms with van der Waals surface area (Å²) >= 11 is 0. The summed E-state index contributed by atoms with van der Waals surface area (Å²) in [5.74, 6) is 0.158. The fraction of sp³-hybridized carbons (Fsp3) is 0.286. The van der Waals surface area contributed by atoms with Gasteiger partial charge in [-0.25, -0.2) is 4.79 Å². The number of fused-ring (bicyclic) bond motifs is 1. The smallest absolute Gasteiger partial charge is 0.412 e. The molecule has 1 aliphatic rings. The van der Waals surface area contributed by atoms with Crippen LogP contribution in [-0.2, 0) is 9.53 Å². The zero-order valence-electron chi connectivity index (χ0n) is 16.5. The first-order valence-electron chi connectivity index (χ1n) is 9.13. The van der Waals surface area contributed by atoms with Crippen LogP contribution in [-0.4, -0.2) is 36.5 Å². The largest absolute Gasteiger partial charge is 0.482 e. The molecule has 1 heterocycles. The van der Waals surface area contributed by atoms with Crippen molar-refractivity contribution in [1.82, 2.24) is 0 Å². The Bertz CT molecular complexity index is 932. The molecule has 1 aliphatic heterocycles. The van der Waals surface area contributed by atoms with Crippen molar-refractivity contribution in [2.24, 2.45) is 0 Å². The molecule has 3 rings (SSSR count). The highest BCUT2D eigenvalue weighted by molar-refractivity contribution is 6.02. The number of amides is 2. The molecule has 0 fully saturated rings. The van der Waals surface area contributed by atoms with Crippen molar-refractivity contribution in [2.75, 3.05) is 29.1 Å². The predicted molar refractivity (Wildman–Crippen MR) is 110 cm³/mol. The number of carbonyl (C=O) groups is 3. The molecule has 0 aliphatic carbocycles. The second kappa shape index (κ2) is 8.22. The van der Waals surface area contributed by atoms with Gasteiger partial charge in [0.25, 0.3) is 5.91 Å². The first kappa shape index (κ1) is 20.2. The average molecular weight is 397 g/mol.